The van der Waals surface area contributed by atoms with Gasteiger partial charge < -0.3 is 11.1 Å². The average Bonchev–Trinajstić information content (AvgIpc) is 2.57. The van der Waals surface area contributed by atoms with Crippen LogP contribution in [-0.4, -0.2) is 33.0 Å². The van der Waals surface area contributed by atoms with Gasteiger partial charge >= 0.3 is 0 Å². The highest BCUT2D eigenvalue weighted by Crippen LogP contribution is 2.14. The third-order valence-electron chi connectivity index (χ3n) is 4.19. The second-order valence-corrected chi connectivity index (χ2v) is 8.91. The van der Waals surface area contributed by atoms with E-state index in [0.29, 0.717) is 13.0 Å². The van der Waals surface area contributed by atoms with Gasteiger partial charge in [-0.2, -0.15) is 4.72 Å². The van der Waals surface area contributed by atoms with Crippen LogP contribution in [0.5, 0.6) is 0 Å². The lowest BCUT2D eigenvalue weighted by Gasteiger charge is -2.24. The maximum atomic E-state index is 12.7. The van der Waals surface area contributed by atoms with E-state index in [2.05, 4.69) is 17.0 Å². The molecule has 0 saturated carbocycles. The number of aryl methyl sites for hydroxylation is 1. The summed E-state index contributed by atoms with van der Waals surface area (Å²) >= 11 is 0. The van der Waals surface area contributed by atoms with Crippen LogP contribution in [0, 0.1) is 12.8 Å². The van der Waals surface area contributed by atoms with Gasteiger partial charge in [-0.15, -0.1) is 0 Å². The predicted molar refractivity (Wildman–Crippen MR) is 105 cm³/mol. The fourth-order valence-electron chi connectivity index (χ4n) is 2.65. The van der Waals surface area contributed by atoms with Crippen molar-refractivity contribution in [1.29, 1.82) is 0 Å². The van der Waals surface area contributed by atoms with Gasteiger partial charge in [0.1, 0.15) is 6.04 Å². The van der Waals surface area contributed by atoms with Crippen LogP contribution in [0.2, 0.25) is 0 Å². The molecule has 0 fully saturated rings. The zero-order valence-electron chi connectivity index (χ0n) is 16.3. The van der Waals surface area contributed by atoms with Gasteiger partial charge in [-0.3, -0.25) is 4.79 Å². The van der Waals surface area contributed by atoms with Crippen LogP contribution in [0.25, 0.3) is 0 Å². The first-order valence-electron chi connectivity index (χ1n) is 9.29. The van der Waals surface area contributed by atoms with Crippen LogP contribution < -0.4 is 15.8 Å². The van der Waals surface area contributed by atoms with Crippen LogP contribution >= 0.6 is 0 Å². The van der Waals surface area contributed by atoms with Crippen molar-refractivity contribution >= 4 is 15.9 Å². The summed E-state index contributed by atoms with van der Waals surface area (Å²) in [6, 6.07) is 5.61. The molecule has 0 spiro atoms. The molecule has 1 aromatic rings. The third-order valence-corrected chi connectivity index (χ3v) is 5.68. The van der Waals surface area contributed by atoms with Crippen molar-refractivity contribution in [3.05, 3.63) is 29.8 Å². The first-order valence-corrected chi connectivity index (χ1v) is 10.8. The number of unbranched alkanes of at least 4 members (excludes halogenated alkanes) is 1. The van der Waals surface area contributed by atoms with Crippen LogP contribution in [0.4, 0.5) is 0 Å². The molecule has 26 heavy (non-hydrogen) atoms. The Morgan fingerprint density at radius 3 is 2.31 bits per heavy atom. The Morgan fingerprint density at radius 1 is 1.19 bits per heavy atom. The molecular weight excluding hydrogens is 350 g/mol. The standard InChI is InChI=1S/C19H33N3O3S/c1-5-6-7-16(13-20)21-19(23)18(12-14(2)3)22-26(24,25)17-10-8-15(4)9-11-17/h8-11,14,16,18,22H,5-7,12-13,20H2,1-4H3,(H,21,23). The van der Waals surface area contributed by atoms with E-state index in [1.54, 1.807) is 24.3 Å². The molecule has 4 N–H and O–H groups in total. The van der Waals surface area contributed by atoms with E-state index in [-0.39, 0.29) is 22.8 Å². The lowest BCUT2D eigenvalue weighted by molar-refractivity contribution is -0.123. The smallest absolute Gasteiger partial charge is 0.241 e. The molecule has 0 heterocycles. The number of sulfonamides is 1. The SMILES string of the molecule is CCCCC(CN)NC(=O)C(CC(C)C)NS(=O)(=O)c1ccc(C)cc1. The van der Waals surface area contributed by atoms with Crippen molar-refractivity contribution in [3.8, 4) is 0 Å². The molecule has 1 amide bonds. The van der Waals surface area contributed by atoms with Gasteiger partial charge in [-0.1, -0.05) is 51.3 Å². The largest absolute Gasteiger partial charge is 0.351 e. The van der Waals surface area contributed by atoms with Crippen molar-refractivity contribution < 1.29 is 13.2 Å². The number of hydrogen-bond acceptors (Lipinski definition) is 4. The lowest BCUT2D eigenvalue weighted by atomic mass is 10.0. The number of rotatable bonds is 11. The summed E-state index contributed by atoms with van der Waals surface area (Å²) in [5, 5.41) is 2.90. The van der Waals surface area contributed by atoms with E-state index < -0.39 is 16.1 Å². The monoisotopic (exact) mass is 383 g/mol. The van der Waals surface area contributed by atoms with Crippen molar-refractivity contribution in [2.24, 2.45) is 11.7 Å². The number of nitrogens with one attached hydrogen (secondary N) is 2. The summed E-state index contributed by atoms with van der Waals surface area (Å²) in [4.78, 5) is 12.8. The van der Waals surface area contributed by atoms with E-state index in [9.17, 15) is 13.2 Å². The Bertz CT molecular complexity index is 657. The molecule has 7 heteroatoms. The fraction of sp³-hybridized carbons (Fsp3) is 0.632. The van der Waals surface area contributed by atoms with Crippen LogP contribution in [0.15, 0.2) is 29.2 Å². The average molecular weight is 384 g/mol. The number of carbonyl (C=O) groups excluding carboxylic acids is 1. The lowest BCUT2D eigenvalue weighted by Crippen LogP contribution is -2.51. The Kier molecular flexibility index (Phi) is 9.25. The van der Waals surface area contributed by atoms with Crippen molar-refractivity contribution in [1.82, 2.24) is 10.0 Å². The number of carbonyl (C=O) groups is 1. The molecule has 0 saturated heterocycles. The predicted octanol–water partition coefficient (Wildman–Crippen LogP) is 2.32. The molecule has 0 aliphatic heterocycles. The van der Waals surface area contributed by atoms with Gasteiger partial charge in [0.15, 0.2) is 0 Å². The molecule has 0 aromatic heterocycles. The van der Waals surface area contributed by atoms with E-state index in [4.69, 9.17) is 5.73 Å². The highest BCUT2D eigenvalue weighted by molar-refractivity contribution is 7.89. The zero-order chi connectivity index (χ0) is 19.7. The Balaban J connectivity index is 2.91. The molecule has 0 radical (unpaired) electrons. The minimum absolute atomic E-state index is 0.138. The van der Waals surface area contributed by atoms with Crippen LogP contribution in [-0.2, 0) is 14.8 Å². The minimum atomic E-state index is -3.77. The first kappa shape index (κ1) is 22.6. The molecule has 2 unspecified atom stereocenters. The number of nitrogens with two attached hydrogens (primary N) is 1. The Labute approximate surface area is 158 Å². The number of amides is 1. The summed E-state index contributed by atoms with van der Waals surface area (Å²) in [5.41, 5.74) is 6.72. The molecule has 0 bridgehead atoms. The minimum Gasteiger partial charge on any atom is -0.351 e. The highest BCUT2D eigenvalue weighted by Gasteiger charge is 2.27. The Hall–Kier alpha value is -1.44. The summed E-state index contributed by atoms with van der Waals surface area (Å²) < 4.78 is 27.9. The van der Waals surface area contributed by atoms with E-state index in [1.807, 2.05) is 20.8 Å². The van der Waals surface area contributed by atoms with Gasteiger partial charge in [0, 0.05) is 12.6 Å². The van der Waals surface area contributed by atoms with Gasteiger partial charge in [0.2, 0.25) is 15.9 Å². The van der Waals surface area contributed by atoms with E-state index >= 15 is 0 Å². The molecular formula is C19H33N3O3S. The van der Waals surface area contributed by atoms with Gasteiger partial charge in [0.05, 0.1) is 4.90 Å². The molecule has 1 rings (SSSR count). The summed E-state index contributed by atoms with van der Waals surface area (Å²) in [7, 11) is -3.77. The highest BCUT2D eigenvalue weighted by atomic mass is 32.2. The molecule has 2 atom stereocenters. The number of hydrogen-bond donors (Lipinski definition) is 3. The van der Waals surface area contributed by atoms with Crippen LogP contribution in [0.1, 0.15) is 52.0 Å². The van der Waals surface area contributed by atoms with Crippen molar-refractivity contribution in [2.75, 3.05) is 6.54 Å². The quantitative estimate of drug-likeness (QED) is 0.546. The van der Waals surface area contributed by atoms with Crippen molar-refractivity contribution in [3.63, 3.8) is 0 Å². The number of benzene rings is 1. The van der Waals surface area contributed by atoms with E-state index in [0.717, 1.165) is 24.8 Å². The second-order valence-electron chi connectivity index (χ2n) is 7.20. The molecule has 0 aliphatic rings. The third kappa shape index (κ3) is 7.43. The zero-order valence-corrected chi connectivity index (χ0v) is 17.1. The van der Waals surface area contributed by atoms with Gasteiger partial charge in [-0.25, -0.2) is 8.42 Å². The topological polar surface area (TPSA) is 101 Å². The van der Waals surface area contributed by atoms with E-state index in [1.165, 1.54) is 0 Å². The fourth-order valence-corrected chi connectivity index (χ4v) is 3.86. The summed E-state index contributed by atoms with van der Waals surface area (Å²) in [6.45, 7) is 8.22. The first-order chi connectivity index (χ1) is 12.2. The molecule has 1 aromatic carbocycles. The maximum absolute atomic E-state index is 12.7. The summed E-state index contributed by atoms with van der Waals surface area (Å²) in [5.74, 6) is -0.153. The molecule has 0 aliphatic carbocycles. The molecule has 6 nitrogen and oxygen atoms in total. The van der Waals surface area contributed by atoms with Crippen LogP contribution in [0.3, 0.4) is 0 Å². The normalized spacial score (nSPS) is 14.2. The second kappa shape index (κ2) is 10.6. The van der Waals surface area contributed by atoms with Gasteiger partial charge in [-0.05, 0) is 37.8 Å². The summed E-state index contributed by atoms with van der Waals surface area (Å²) in [6.07, 6.45) is 3.19. The maximum Gasteiger partial charge on any atom is 0.241 e. The Morgan fingerprint density at radius 2 is 1.81 bits per heavy atom. The molecule has 148 valence electrons. The van der Waals surface area contributed by atoms with Gasteiger partial charge in [0.25, 0.3) is 0 Å². The van der Waals surface area contributed by atoms with Crippen molar-refractivity contribution in [2.45, 2.75) is 70.4 Å².